The predicted molar refractivity (Wildman–Crippen MR) is 62.2 cm³/mol. The Labute approximate surface area is 91.2 Å². The van der Waals surface area contributed by atoms with Crippen LogP contribution >= 0.6 is 0 Å². The van der Waals surface area contributed by atoms with Crippen LogP contribution < -0.4 is 10.5 Å². The molecule has 0 unspecified atom stereocenters. The number of carbonyl (C=O) groups is 1. The zero-order valence-electron chi connectivity index (χ0n) is 10.0. The van der Waals surface area contributed by atoms with Gasteiger partial charge in [-0.15, -0.1) is 0 Å². The molecule has 3 nitrogen and oxygen atoms in total. The number of nitrogens with two attached hydrogens (primary N) is 1. The lowest BCUT2D eigenvalue weighted by Gasteiger charge is -2.09. The molecule has 0 radical (unpaired) electrons. The molecule has 0 bridgehead atoms. The second-order valence-corrected chi connectivity index (χ2v) is 3.05. The molecule has 0 aliphatic carbocycles. The highest BCUT2D eigenvalue weighted by Crippen LogP contribution is 2.23. The summed E-state index contributed by atoms with van der Waals surface area (Å²) in [5.74, 6) is 0.538. The van der Waals surface area contributed by atoms with Crippen molar-refractivity contribution in [3.05, 3.63) is 28.8 Å². The van der Waals surface area contributed by atoms with Crippen LogP contribution in [0.5, 0.6) is 5.75 Å². The van der Waals surface area contributed by atoms with Crippen LogP contribution in [0.2, 0.25) is 0 Å². The lowest BCUT2D eigenvalue weighted by molar-refractivity contribution is 0.210. The van der Waals surface area contributed by atoms with Crippen molar-refractivity contribution < 1.29 is 9.53 Å². The van der Waals surface area contributed by atoms with Crippen molar-refractivity contribution in [2.45, 2.75) is 34.6 Å². The maximum atomic E-state index is 10.5. The summed E-state index contributed by atoms with van der Waals surface area (Å²) in [5.41, 5.74) is 8.18. The third-order valence-corrected chi connectivity index (χ3v) is 2.22. The Kier molecular flexibility index (Phi) is 5.45. The summed E-state index contributed by atoms with van der Waals surface area (Å²) >= 11 is 0. The minimum absolute atomic E-state index is 0.538. The van der Waals surface area contributed by atoms with E-state index in [1.54, 1.807) is 6.07 Å². The van der Waals surface area contributed by atoms with E-state index in [4.69, 9.17) is 10.5 Å². The van der Waals surface area contributed by atoms with E-state index < -0.39 is 6.09 Å². The molecule has 1 amide bonds. The van der Waals surface area contributed by atoms with E-state index in [1.165, 1.54) is 5.56 Å². The van der Waals surface area contributed by atoms with E-state index in [-0.39, 0.29) is 0 Å². The van der Waals surface area contributed by atoms with Crippen LogP contribution in [0.3, 0.4) is 0 Å². The molecule has 2 N–H and O–H groups in total. The van der Waals surface area contributed by atoms with Crippen LogP contribution in [0.15, 0.2) is 12.1 Å². The van der Waals surface area contributed by atoms with E-state index in [9.17, 15) is 4.79 Å². The van der Waals surface area contributed by atoms with Gasteiger partial charge < -0.3 is 10.5 Å². The second-order valence-electron chi connectivity index (χ2n) is 3.05. The Morgan fingerprint density at radius 1 is 1.13 bits per heavy atom. The lowest BCUT2D eigenvalue weighted by atomic mass is 10.0. The summed E-state index contributed by atoms with van der Waals surface area (Å²) in [5, 5.41) is 0. The molecule has 0 aliphatic heterocycles. The van der Waals surface area contributed by atoms with Crippen molar-refractivity contribution in [3.8, 4) is 5.75 Å². The first kappa shape index (κ1) is 13.5. The maximum Gasteiger partial charge on any atom is 0.409 e. The molecule has 0 heterocycles. The number of hydrogen-bond acceptors (Lipinski definition) is 2. The Morgan fingerprint density at radius 3 is 2.13 bits per heavy atom. The first-order chi connectivity index (χ1) is 7.02. The lowest BCUT2D eigenvalue weighted by Crippen LogP contribution is -2.17. The molecule has 0 aliphatic rings. The normalized spacial score (nSPS) is 8.87. The highest BCUT2D eigenvalue weighted by Gasteiger charge is 2.06. The largest absolute Gasteiger partial charge is 0.410 e. The molecule has 0 aromatic heterocycles. The van der Waals surface area contributed by atoms with Crippen molar-refractivity contribution in [1.29, 1.82) is 0 Å². The SMILES string of the molecule is CC.Cc1ccc(OC(N)=O)c(C)c1C. The van der Waals surface area contributed by atoms with Gasteiger partial charge in [0.25, 0.3) is 0 Å². The van der Waals surface area contributed by atoms with Crippen LogP contribution in [-0.4, -0.2) is 6.09 Å². The van der Waals surface area contributed by atoms with Crippen molar-refractivity contribution in [1.82, 2.24) is 0 Å². The van der Waals surface area contributed by atoms with E-state index in [0.717, 1.165) is 11.1 Å². The molecule has 1 rings (SSSR count). The highest BCUT2D eigenvalue weighted by molar-refractivity contribution is 5.68. The number of hydrogen-bond donors (Lipinski definition) is 1. The zero-order chi connectivity index (χ0) is 12.0. The highest BCUT2D eigenvalue weighted by atomic mass is 16.5. The van der Waals surface area contributed by atoms with Gasteiger partial charge in [0.2, 0.25) is 0 Å². The number of primary amides is 1. The number of benzene rings is 1. The molecule has 1 aromatic rings. The van der Waals surface area contributed by atoms with Gasteiger partial charge in [0.05, 0.1) is 0 Å². The topological polar surface area (TPSA) is 52.3 Å². The maximum absolute atomic E-state index is 10.5. The van der Waals surface area contributed by atoms with E-state index >= 15 is 0 Å². The number of ether oxygens (including phenoxy) is 1. The quantitative estimate of drug-likeness (QED) is 0.772. The molecule has 0 fully saturated rings. The van der Waals surface area contributed by atoms with Gasteiger partial charge in [-0.2, -0.15) is 0 Å². The van der Waals surface area contributed by atoms with Gasteiger partial charge in [-0.1, -0.05) is 19.9 Å². The molecule has 0 spiro atoms. The van der Waals surface area contributed by atoms with Crippen LogP contribution in [0.25, 0.3) is 0 Å². The van der Waals surface area contributed by atoms with Gasteiger partial charge in [-0.05, 0) is 43.5 Å². The second kappa shape index (κ2) is 6.06. The Hall–Kier alpha value is -1.51. The summed E-state index contributed by atoms with van der Waals surface area (Å²) in [7, 11) is 0. The summed E-state index contributed by atoms with van der Waals surface area (Å²) < 4.78 is 4.82. The average molecular weight is 209 g/mol. The smallest absolute Gasteiger partial charge is 0.409 e. The molecule has 0 saturated carbocycles. The molecule has 15 heavy (non-hydrogen) atoms. The molecule has 1 aromatic carbocycles. The van der Waals surface area contributed by atoms with Gasteiger partial charge in [0.1, 0.15) is 5.75 Å². The van der Waals surface area contributed by atoms with Gasteiger partial charge in [0.15, 0.2) is 0 Å². The minimum Gasteiger partial charge on any atom is -0.410 e. The molecular formula is C12H19NO2. The summed E-state index contributed by atoms with van der Waals surface area (Å²) in [6.07, 6.45) is -0.772. The van der Waals surface area contributed by atoms with Crippen molar-refractivity contribution in [2.75, 3.05) is 0 Å². The molecule has 0 saturated heterocycles. The zero-order valence-corrected chi connectivity index (χ0v) is 10.0. The number of aryl methyl sites for hydroxylation is 1. The Balaban J connectivity index is 0.000000921. The van der Waals surface area contributed by atoms with Crippen LogP contribution in [-0.2, 0) is 0 Å². The fourth-order valence-corrected chi connectivity index (χ4v) is 1.15. The summed E-state index contributed by atoms with van der Waals surface area (Å²) in [6.45, 7) is 9.90. The van der Waals surface area contributed by atoms with Crippen LogP contribution in [0.4, 0.5) is 4.79 Å². The Bertz CT molecular complexity index is 346. The van der Waals surface area contributed by atoms with Crippen molar-refractivity contribution in [2.24, 2.45) is 5.73 Å². The fourth-order valence-electron chi connectivity index (χ4n) is 1.15. The standard InChI is InChI=1S/C10H13NO2.C2H6/c1-6-4-5-9(13-10(11)12)8(3)7(6)2;1-2/h4-5H,1-3H3,(H2,11,12);1-2H3. The third kappa shape index (κ3) is 3.62. The van der Waals surface area contributed by atoms with Crippen LogP contribution in [0.1, 0.15) is 30.5 Å². The van der Waals surface area contributed by atoms with Gasteiger partial charge in [-0.25, -0.2) is 4.79 Å². The van der Waals surface area contributed by atoms with E-state index in [2.05, 4.69) is 0 Å². The van der Waals surface area contributed by atoms with Crippen molar-refractivity contribution >= 4 is 6.09 Å². The minimum atomic E-state index is -0.772. The van der Waals surface area contributed by atoms with Crippen LogP contribution in [0, 0.1) is 20.8 Å². The molecule has 84 valence electrons. The summed E-state index contributed by atoms with van der Waals surface area (Å²) in [4.78, 5) is 10.5. The summed E-state index contributed by atoms with van der Waals surface area (Å²) in [6, 6.07) is 3.66. The number of carbonyl (C=O) groups excluding carboxylic acids is 1. The molecule has 0 atom stereocenters. The van der Waals surface area contributed by atoms with Crippen molar-refractivity contribution in [3.63, 3.8) is 0 Å². The third-order valence-electron chi connectivity index (χ3n) is 2.22. The van der Waals surface area contributed by atoms with Gasteiger partial charge in [0, 0.05) is 0 Å². The van der Waals surface area contributed by atoms with Gasteiger partial charge >= 0.3 is 6.09 Å². The fraction of sp³-hybridized carbons (Fsp3) is 0.417. The van der Waals surface area contributed by atoms with Gasteiger partial charge in [-0.3, -0.25) is 0 Å². The monoisotopic (exact) mass is 209 g/mol. The number of amides is 1. The van der Waals surface area contributed by atoms with E-state index in [1.807, 2.05) is 40.7 Å². The first-order valence-electron chi connectivity index (χ1n) is 5.06. The van der Waals surface area contributed by atoms with E-state index in [0.29, 0.717) is 5.75 Å². The molecule has 3 heteroatoms. The molecular weight excluding hydrogens is 190 g/mol. The first-order valence-corrected chi connectivity index (χ1v) is 5.06. The predicted octanol–water partition coefficient (Wildman–Crippen LogP) is 3.10. The number of rotatable bonds is 1. The Morgan fingerprint density at radius 2 is 1.67 bits per heavy atom. The average Bonchev–Trinajstić information content (AvgIpc) is 2.22.